The summed E-state index contributed by atoms with van der Waals surface area (Å²) >= 11 is 0. The van der Waals surface area contributed by atoms with Crippen molar-refractivity contribution in [3.8, 4) is 12.3 Å². The third kappa shape index (κ3) is 5.98. The van der Waals surface area contributed by atoms with Crippen LogP contribution in [0.3, 0.4) is 0 Å². The number of hydrogen-bond donors (Lipinski definition) is 2. The van der Waals surface area contributed by atoms with Crippen molar-refractivity contribution in [2.45, 2.75) is 76.9 Å². The number of rotatable bonds is 9. The third-order valence-electron chi connectivity index (χ3n) is 4.93. The van der Waals surface area contributed by atoms with Crippen LogP contribution in [0, 0.1) is 24.2 Å². The molecule has 3 nitrogen and oxygen atoms in total. The molecule has 122 valence electrons. The number of terminal acetylenes is 1. The Hall–Kier alpha value is -0.560. The van der Waals surface area contributed by atoms with Crippen molar-refractivity contribution >= 4 is 0 Å². The summed E-state index contributed by atoms with van der Waals surface area (Å²) in [5, 5.41) is 19.6. The van der Waals surface area contributed by atoms with Gasteiger partial charge in [0.1, 0.15) is 5.60 Å². The Bertz CT molecular complexity index is 315. The molecule has 0 bridgehead atoms. The molecule has 1 aliphatic rings. The summed E-state index contributed by atoms with van der Waals surface area (Å²) in [6, 6.07) is 0. The van der Waals surface area contributed by atoms with Gasteiger partial charge in [-0.1, -0.05) is 32.6 Å². The SMILES string of the molecule is C#CC(O)(CCCC(CC)OCCO)C1CCC(C)CC1. The molecule has 1 fully saturated rings. The molecule has 3 heteroatoms. The molecule has 2 N–H and O–H groups in total. The molecule has 0 aromatic heterocycles. The molecule has 0 heterocycles. The van der Waals surface area contributed by atoms with E-state index in [9.17, 15) is 5.11 Å². The van der Waals surface area contributed by atoms with Gasteiger partial charge in [0, 0.05) is 0 Å². The minimum Gasteiger partial charge on any atom is -0.394 e. The predicted octanol–water partition coefficient (Wildman–Crippen LogP) is 3.13. The Balaban J connectivity index is 2.40. The molecule has 2 atom stereocenters. The zero-order valence-corrected chi connectivity index (χ0v) is 13.7. The second kappa shape index (κ2) is 9.46. The van der Waals surface area contributed by atoms with E-state index >= 15 is 0 Å². The highest BCUT2D eigenvalue weighted by Gasteiger charge is 2.36. The summed E-state index contributed by atoms with van der Waals surface area (Å²) in [5.74, 6) is 3.68. The van der Waals surface area contributed by atoms with Crippen molar-refractivity contribution < 1.29 is 14.9 Å². The fraction of sp³-hybridized carbons (Fsp3) is 0.889. The van der Waals surface area contributed by atoms with Crippen LogP contribution in [0.25, 0.3) is 0 Å². The van der Waals surface area contributed by atoms with E-state index in [0.717, 1.165) is 38.0 Å². The van der Waals surface area contributed by atoms with E-state index < -0.39 is 5.60 Å². The molecular weight excluding hydrogens is 264 g/mol. The van der Waals surface area contributed by atoms with Crippen LogP contribution in [-0.4, -0.2) is 35.1 Å². The van der Waals surface area contributed by atoms with Gasteiger partial charge < -0.3 is 14.9 Å². The highest BCUT2D eigenvalue weighted by atomic mass is 16.5. The highest BCUT2D eigenvalue weighted by Crippen LogP contribution is 2.37. The predicted molar refractivity (Wildman–Crippen MR) is 85.9 cm³/mol. The van der Waals surface area contributed by atoms with Crippen LogP contribution < -0.4 is 0 Å². The van der Waals surface area contributed by atoms with E-state index in [0.29, 0.717) is 13.0 Å². The van der Waals surface area contributed by atoms with Crippen LogP contribution >= 0.6 is 0 Å². The summed E-state index contributed by atoms with van der Waals surface area (Å²) in [4.78, 5) is 0. The topological polar surface area (TPSA) is 49.7 Å². The van der Waals surface area contributed by atoms with E-state index in [1.54, 1.807) is 0 Å². The Morgan fingerprint density at radius 3 is 2.52 bits per heavy atom. The van der Waals surface area contributed by atoms with Crippen LogP contribution in [0.1, 0.15) is 65.2 Å². The van der Waals surface area contributed by atoms with Gasteiger partial charge in [-0.25, -0.2) is 0 Å². The van der Waals surface area contributed by atoms with Crippen LogP contribution in [-0.2, 0) is 4.74 Å². The quantitative estimate of drug-likeness (QED) is 0.643. The molecule has 2 unspecified atom stereocenters. The van der Waals surface area contributed by atoms with Gasteiger partial charge >= 0.3 is 0 Å². The van der Waals surface area contributed by atoms with Crippen molar-refractivity contribution in [3.05, 3.63) is 0 Å². The lowest BCUT2D eigenvalue weighted by atomic mass is 9.72. The van der Waals surface area contributed by atoms with E-state index in [2.05, 4.69) is 19.8 Å². The van der Waals surface area contributed by atoms with Gasteiger partial charge in [0.15, 0.2) is 0 Å². The lowest BCUT2D eigenvalue weighted by Gasteiger charge is -2.36. The molecule has 21 heavy (non-hydrogen) atoms. The standard InChI is InChI=1S/C18H32O3/c1-4-17(21-14-13-19)7-6-12-18(20,5-2)16-10-8-15(3)9-11-16/h2,15-17,19-20H,4,6-14H2,1,3H3. The minimum atomic E-state index is -0.949. The maximum atomic E-state index is 10.8. The molecule has 0 radical (unpaired) electrons. The van der Waals surface area contributed by atoms with E-state index in [-0.39, 0.29) is 18.6 Å². The van der Waals surface area contributed by atoms with E-state index in [1.165, 1.54) is 12.8 Å². The van der Waals surface area contributed by atoms with Gasteiger partial charge in [-0.05, 0) is 50.4 Å². The lowest BCUT2D eigenvalue weighted by molar-refractivity contribution is -0.00695. The zero-order chi connectivity index (χ0) is 15.7. The summed E-state index contributed by atoms with van der Waals surface area (Å²) in [6.07, 6.45) is 13.6. The smallest absolute Gasteiger partial charge is 0.128 e. The summed E-state index contributed by atoms with van der Waals surface area (Å²) in [6.45, 7) is 4.80. The first-order valence-corrected chi connectivity index (χ1v) is 8.48. The number of aliphatic hydroxyl groups excluding tert-OH is 1. The second-order valence-electron chi connectivity index (χ2n) is 6.54. The summed E-state index contributed by atoms with van der Waals surface area (Å²) in [7, 11) is 0. The van der Waals surface area contributed by atoms with Crippen molar-refractivity contribution in [1.82, 2.24) is 0 Å². The minimum absolute atomic E-state index is 0.0606. The van der Waals surface area contributed by atoms with Crippen LogP contribution in [0.2, 0.25) is 0 Å². The number of ether oxygens (including phenoxy) is 1. The lowest BCUT2D eigenvalue weighted by Crippen LogP contribution is -2.38. The Kier molecular flexibility index (Phi) is 8.33. The molecule has 0 amide bonds. The first-order chi connectivity index (χ1) is 10.1. The first kappa shape index (κ1) is 18.5. The summed E-state index contributed by atoms with van der Waals surface area (Å²) < 4.78 is 5.57. The second-order valence-corrected chi connectivity index (χ2v) is 6.54. The average Bonchev–Trinajstić information content (AvgIpc) is 2.51. The zero-order valence-electron chi connectivity index (χ0n) is 13.7. The molecule has 1 rings (SSSR count). The van der Waals surface area contributed by atoms with Crippen molar-refractivity contribution in [2.24, 2.45) is 11.8 Å². The third-order valence-corrected chi connectivity index (χ3v) is 4.93. The first-order valence-electron chi connectivity index (χ1n) is 8.48. The molecule has 0 aromatic rings. The van der Waals surface area contributed by atoms with Crippen LogP contribution in [0.15, 0.2) is 0 Å². The molecule has 0 saturated heterocycles. The molecule has 1 aliphatic carbocycles. The monoisotopic (exact) mass is 296 g/mol. The van der Waals surface area contributed by atoms with Crippen LogP contribution in [0.5, 0.6) is 0 Å². The summed E-state index contributed by atoms with van der Waals surface area (Å²) in [5.41, 5.74) is -0.949. The van der Waals surface area contributed by atoms with Crippen molar-refractivity contribution in [1.29, 1.82) is 0 Å². The maximum Gasteiger partial charge on any atom is 0.128 e. The Morgan fingerprint density at radius 1 is 1.33 bits per heavy atom. The molecular formula is C18H32O3. The highest BCUT2D eigenvalue weighted by molar-refractivity contribution is 5.11. The van der Waals surface area contributed by atoms with Crippen molar-refractivity contribution in [2.75, 3.05) is 13.2 Å². The molecule has 0 spiro atoms. The number of hydrogen-bond acceptors (Lipinski definition) is 3. The van der Waals surface area contributed by atoms with Gasteiger partial charge in [0.2, 0.25) is 0 Å². The van der Waals surface area contributed by atoms with E-state index in [4.69, 9.17) is 16.3 Å². The van der Waals surface area contributed by atoms with Gasteiger partial charge in [0.05, 0.1) is 19.3 Å². The fourth-order valence-electron chi connectivity index (χ4n) is 3.36. The fourth-order valence-corrected chi connectivity index (χ4v) is 3.36. The largest absolute Gasteiger partial charge is 0.394 e. The van der Waals surface area contributed by atoms with Crippen LogP contribution in [0.4, 0.5) is 0 Å². The molecule has 0 aliphatic heterocycles. The maximum absolute atomic E-state index is 10.8. The van der Waals surface area contributed by atoms with E-state index in [1.807, 2.05) is 0 Å². The van der Waals surface area contributed by atoms with Crippen molar-refractivity contribution in [3.63, 3.8) is 0 Å². The van der Waals surface area contributed by atoms with Gasteiger partial charge in [-0.15, -0.1) is 6.42 Å². The Morgan fingerprint density at radius 2 is 2.00 bits per heavy atom. The number of aliphatic hydroxyl groups is 2. The Labute approximate surface area is 130 Å². The van der Waals surface area contributed by atoms with Gasteiger partial charge in [-0.3, -0.25) is 0 Å². The average molecular weight is 296 g/mol. The molecule has 0 aromatic carbocycles. The molecule has 1 saturated carbocycles. The van der Waals surface area contributed by atoms with Gasteiger partial charge in [-0.2, -0.15) is 0 Å². The normalized spacial score (nSPS) is 26.8. The van der Waals surface area contributed by atoms with Gasteiger partial charge in [0.25, 0.3) is 0 Å².